The van der Waals surface area contributed by atoms with Crippen molar-refractivity contribution >= 4 is 11.8 Å². The Balaban J connectivity index is 1.79. The molecule has 24 heavy (non-hydrogen) atoms. The Labute approximate surface area is 143 Å². The minimum Gasteiger partial charge on any atom is -0.356 e. The van der Waals surface area contributed by atoms with Crippen LogP contribution in [-0.2, 0) is 14.3 Å². The molecule has 2 aliphatic heterocycles. The van der Waals surface area contributed by atoms with Gasteiger partial charge in [0.25, 0.3) is 5.91 Å². The molecule has 6 nitrogen and oxygen atoms in total. The van der Waals surface area contributed by atoms with E-state index in [9.17, 15) is 9.59 Å². The van der Waals surface area contributed by atoms with Crippen LogP contribution in [0.1, 0.15) is 18.5 Å². The number of piperazine rings is 1. The molecule has 0 aromatic heterocycles. The third-order valence-electron chi connectivity index (χ3n) is 5.00. The van der Waals surface area contributed by atoms with Crippen LogP contribution in [0.25, 0.3) is 0 Å². The summed E-state index contributed by atoms with van der Waals surface area (Å²) in [4.78, 5) is 30.9. The van der Waals surface area contributed by atoms with Crippen molar-refractivity contribution in [2.24, 2.45) is 0 Å². The number of rotatable bonds is 3. The molecule has 2 aliphatic rings. The number of amides is 2. The lowest BCUT2D eigenvalue weighted by Gasteiger charge is -2.42. The molecule has 0 saturated carbocycles. The van der Waals surface area contributed by atoms with Gasteiger partial charge in [0.15, 0.2) is 6.10 Å². The Morgan fingerprint density at radius 1 is 1.17 bits per heavy atom. The second-order valence-electron chi connectivity index (χ2n) is 6.35. The minimum atomic E-state index is -0.636. The van der Waals surface area contributed by atoms with Crippen LogP contribution >= 0.6 is 0 Å². The summed E-state index contributed by atoms with van der Waals surface area (Å²) in [6.45, 7) is 6.31. The lowest BCUT2D eigenvalue weighted by molar-refractivity contribution is -0.168. The molecule has 130 valence electrons. The van der Waals surface area contributed by atoms with Gasteiger partial charge in [-0.2, -0.15) is 0 Å². The van der Waals surface area contributed by atoms with Crippen LogP contribution in [0.3, 0.4) is 0 Å². The summed E-state index contributed by atoms with van der Waals surface area (Å²) in [6, 6.07) is 9.28. The maximum atomic E-state index is 13.0. The smallest absolute Gasteiger partial charge is 0.254 e. The summed E-state index contributed by atoms with van der Waals surface area (Å²) >= 11 is 0. The van der Waals surface area contributed by atoms with Crippen LogP contribution in [0.4, 0.5) is 0 Å². The van der Waals surface area contributed by atoms with E-state index < -0.39 is 6.10 Å². The molecule has 2 heterocycles. The van der Waals surface area contributed by atoms with E-state index in [1.54, 1.807) is 11.9 Å². The monoisotopic (exact) mass is 331 g/mol. The first kappa shape index (κ1) is 16.9. The molecule has 1 aromatic carbocycles. The van der Waals surface area contributed by atoms with Gasteiger partial charge in [-0.1, -0.05) is 37.3 Å². The molecule has 2 atom stereocenters. The normalized spacial score (nSPS) is 25.8. The summed E-state index contributed by atoms with van der Waals surface area (Å²) in [5.74, 6) is -0.109. The van der Waals surface area contributed by atoms with Gasteiger partial charge in [-0.05, 0) is 12.1 Å². The van der Waals surface area contributed by atoms with Gasteiger partial charge in [-0.3, -0.25) is 9.59 Å². The maximum Gasteiger partial charge on any atom is 0.254 e. The predicted molar refractivity (Wildman–Crippen MR) is 90.4 cm³/mol. The molecule has 0 radical (unpaired) electrons. The molecule has 0 N–H and O–H groups in total. The van der Waals surface area contributed by atoms with Crippen LogP contribution in [0.15, 0.2) is 30.3 Å². The van der Waals surface area contributed by atoms with Crippen LogP contribution in [0.2, 0.25) is 0 Å². The summed E-state index contributed by atoms with van der Waals surface area (Å²) < 4.78 is 5.70. The van der Waals surface area contributed by atoms with Crippen molar-refractivity contribution in [2.75, 3.05) is 46.4 Å². The molecule has 0 unspecified atom stereocenters. The standard InChI is InChI=1S/C18H25N3O3/c1-3-20-9-11-21(12-10-20)18(23)17-16(14-7-5-4-6-8-14)19(2)15(22)13-24-17/h4-8,16-17H,3,9-13H2,1-2H3/t16-,17-/m0/s1. The van der Waals surface area contributed by atoms with Gasteiger partial charge < -0.3 is 19.4 Å². The second kappa shape index (κ2) is 7.32. The Morgan fingerprint density at radius 2 is 1.83 bits per heavy atom. The van der Waals surface area contributed by atoms with E-state index >= 15 is 0 Å². The lowest BCUT2D eigenvalue weighted by Crippen LogP contribution is -2.57. The number of hydrogen-bond donors (Lipinski definition) is 0. The number of carbonyl (C=O) groups excluding carboxylic acids is 2. The highest BCUT2D eigenvalue weighted by molar-refractivity contribution is 5.86. The molecule has 2 fully saturated rings. The zero-order valence-electron chi connectivity index (χ0n) is 14.4. The minimum absolute atomic E-state index is 0.0149. The van der Waals surface area contributed by atoms with E-state index in [0.717, 1.165) is 25.2 Å². The van der Waals surface area contributed by atoms with Crippen LogP contribution in [0.5, 0.6) is 0 Å². The molecule has 6 heteroatoms. The van der Waals surface area contributed by atoms with Crippen LogP contribution in [0, 0.1) is 0 Å². The number of benzene rings is 1. The Hall–Kier alpha value is -1.92. The van der Waals surface area contributed by atoms with Crippen molar-refractivity contribution in [3.8, 4) is 0 Å². The fourth-order valence-electron chi connectivity index (χ4n) is 3.43. The van der Waals surface area contributed by atoms with Gasteiger partial charge in [0.1, 0.15) is 6.61 Å². The fourth-order valence-corrected chi connectivity index (χ4v) is 3.43. The van der Waals surface area contributed by atoms with Crippen molar-refractivity contribution in [3.05, 3.63) is 35.9 Å². The van der Waals surface area contributed by atoms with E-state index in [1.165, 1.54) is 0 Å². The molecule has 1 aromatic rings. The topological polar surface area (TPSA) is 53.1 Å². The van der Waals surface area contributed by atoms with Gasteiger partial charge in [-0.25, -0.2) is 0 Å². The Kier molecular flexibility index (Phi) is 5.16. The van der Waals surface area contributed by atoms with Gasteiger partial charge in [0, 0.05) is 33.2 Å². The van der Waals surface area contributed by atoms with Gasteiger partial charge >= 0.3 is 0 Å². The first-order chi connectivity index (χ1) is 11.6. The molecule has 3 rings (SSSR count). The third kappa shape index (κ3) is 3.30. The molecular formula is C18H25N3O3. The van der Waals surface area contributed by atoms with E-state index in [0.29, 0.717) is 13.1 Å². The summed E-state index contributed by atoms with van der Waals surface area (Å²) in [6.07, 6.45) is -0.636. The predicted octanol–water partition coefficient (Wildman–Crippen LogP) is 0.749. The van der Waals surface area contributed by atoms with E-state index in [1.807, 2.05) is 35.2 Å². The number of ether oxygens (including phenoxy) is 1. The van der Waals surface area contributed by atoms with Gasteiger partial charge in [-0.15, -0.1) is 0 Å². The number of nitrogens with zero attached hydrogens (tertiary/aromatic N) is 3. The number of morpholine rings is 1. The molecule has 0 aliphatic carbocycles. The largest absolute Gasteiger partial charge is 0.356 e. The average molecular weight is 331 g/mol. The Morgan fingerprint density at radius 3 is 2.46 bits per heavy atom. The van der Waals surface area contributed by atoms with Crippen molar-refractivity contribution in [3.63, 3.8) is 0 Å². The first-order valence-electron chi connectivity index (χ1n) is 8.55. The van der Waals surface area contributed by atoms with E-state index in [4.69, 9.17) is 4.74 Å². The zero-order chi connectivity index (χ0) is 17.1. The van der Waals surface area contributed by atoms with Crippen molar-refractivity contribution < 1.29 is 14.3 Å². The highest BCUT2D eigenvalue weighted by Gasteiger charge is 2.42. The van der Waals surface area contributed by atoms with E-state index in [2.05, 4.69) is 11.8 Å². The zero-order valence-corrected chi connectivity index (χ0v) is 14.4. The quantitative estimate of drug-likeness (QED) is 0.820. The number of carbonyl (C=O) groups is 2. The first-order valence-corrected chi connectivity index (χ1v) is 8.55. The summed E-state index contributed by atoms with van der Waals surface area (Å²) in [7, 11) is 1.75. The molecule has 2 saturated heterocycles. The molecular weight excluding hydrogens is 306 g/mol. The highest BCUT2D eigenvalue weighted by atomic mass is 16.5. The maximum absolute atomic E-state index is 13.0. The van der Waals surface area contributed by atoms with Crippen LogP contribution < -0.4 is 0 Å². The van der Waals surface area contributed by atoms with Crippen LogP contribution in [-0.4, -0.2) is 79.0 Å². The van der Waals surface area contributed by atoms with Crippen molar-refractivity contribution in [1.82, 2.24) is 14.7 Å². The molecule has 0 spiro atoms. The SMILES string of the molecule is CCN1CCN(C(=O)[C@H]2OCC(=O)N(C)[C@H]2c2ccccc2)CC1. The average Bonchev–Trinajstić information content (AvgIpc) is 2.64. The highest BCUT2D eigenvalue weighted by Crippen LogP contribution is 2.30. The third-order valence-corrected chi connectivity index (χ3v) is 5.00. The van der Waals surface area contributed by atoms with Crippen molar-refractivity contribution in [2.45, 2.75) is 19.1 Å². The van der Waals surface area contributed by atoms with Gasteiger partial charge in [0.05, 0.1) is 6.04 Å². The number of likely N-dealkylation sites (N-methyl/N-ethyl adjacent to an activating group) is 2. The molecule has 2 amide bonds. The van der Waals surface area contributed by atoms with Crippen molar-refractivity contribution in [1.29, 1.82) is 0 Å². The lowest BCUT2D eigenvalue weighted by atomic mass is 9.97. The molecule has 0 bridgehead atoms. The number of hydrogen-bond acceptors (Lipinski definition) is 4. The van der Waals surface area contributed by atoms with E-state index in [-0.39, 0.29) is 24.5 Å². The summed E-state index contributed by atoms with van der Waals surface area (Å²) in [5, 5.41) is 0. The summed E-state index contributed by atoms with van der Waals surface area (Å²) in [5.41, 5.74) is 0.929. The fraction of sp³-hybridized carbons (Fsp3) is 0.556. The van der Waals surface area contributed by atoms with Gasteiger partial charge in [0.2, 0.25) is 5.91 Å². The Bertz CT molecular complexity index is 584. The second-order valence-corrected chi connectivity index (χ2v) is 6.35.